The van der Waals surface area contributed by atoms with E-state index in [-0.39, 0.29) is 5.78 Å². The average molecular weight is 305 g/mol. The number of anilines is 1. The van der Waals surface area contributed by atoms with Crippen LogP contribution in [0.15, 0.2) is 79.9 Å². The van der Waals surface area contributed by atoms with Crippen LogP contribution in [0.4, 0.5) is 5.69 Å². The van der Waals surface area contributed by atoms with Gasteiger partial charge in [0.05, 0.1) is 0 Å². The summed E-state index contributed by atoms with van der Waals surface area (Å²) in [6.45, 7) is 9.03. The molecule has 0 aliphatic heterocycles. The van der Waals surface area contributed by atoms with E-state index < -0.39 is 0 Å². The summed E-state index contributed by atoms with van der Waals surface area (Å²) >= 11 is 0. The number of hydrogen-bond donors (Lipinski definition) is 0. The highest BCUT2D eigenvalue weighted by molar-refractivity contribution is 5.97. The Labute approximate surface area is 138 Å². The smallest absolute Gasteiger partial charge is 0.163 e. The quantitative estimate of drug-likeness (QED) is 0.495. The van der Waals surface area contributed by atoms with Crippen LogP contribution in [-0.4, -0.2) is 18.9 Å². The minimum absolute atomic E-state index is 0.174. The molecular weight excluding hydrogens is 282 g/mol. The Bertz CT molecular complexity index is 651. The third-order valence-electron chi connectivity index (χ3n) is 3.72. The van der Waals surface area contributed by atoms with Crippen molar-refractivity contribution in [2.75, 3.05) is 18.0 Å². The van der Waals surface area contributed by atoms with Gasteiger partial charge in [0, 0.05) is 30.8 Å². The number of Topliss-reactive ketones (excluding diaryl/α,β-unsaturated/α-hetero) is 1. The van der Waals surface area contributed by atoms with Crippen molar-refractivity contribution in [3.63, 3.8) is 0 Å². The second-order valence-corrected chi connectivity index (χ2v) is 5.44. The molecule has 0 spiro atoms. The van der Waals surface area contributed by atoms with E-state index in [1.807, 2.05) is 54.6 Å². The van der Waals surface area contributed by atoms with Gasteiger partial charge in [-0.05, 0) is 24.1 Å². The first kappa shape index (κ1) is 16.8. The first-order valence-corrected chi connectivity index (χ1v) is 7.88. The van der Waals surface area contributed by atoms with E-state index >= 15 is 0 Å². The minimum Gasteiger partial charge on any atom is -0.364 e. The molecule has 0 N–H and O–H groups in total. The third kappa shape index (κ3) is 4.96. The highest BCUT2D eigenvalue weighted by atomic mass is 16.1. The van der Waals surface area contributed by atoms with Gasteiger partial charge in [0.15, 0.2) is 5.78 Å². The summed E-state index contributed by atoms with van der Waals surface area (Å²) in [4.78, 5) is 14.6. The van der Waals surface area contributed by atoms with E-state index in [1.165, 1.54) is 5.56 Å². The lowest BCUT2D eigenvalue weighted by molar-refractivity contribution is 0.0983. The van der Waals surface area contributed by atoms with Gasteiger partial charge in [-0.1, -0.05) is 54.6 Å². The van der Waals surface area contributed by atoms with Gasteiger partial charge in [-0.25, -0.2) is 0 Å². The summed E-state index contributed by atoms with van der Waals surface area (Å²) in [6.07, 6.45) is 5.00. The molecule has 2 rings (SSSR count). The Morgan fingerprint density at radius 2 is 1.65 bits per heavy atom. The van der Waals surface area contributed by atoms with Gasteiger partial charge in [0.25, 0.3) is 0 Å². The fourth-order valence-electron chi connectivity index (χ4n) is 2.52. The number of rotatable bonds is 9. The van der Waals surface area contributed by atoms with Crippen LogP contribution in [0.5, 0.6) is 0 Å². The van der Waals surface area contributed by atoms with Crippen LogP contribution in [0.2, 0.25) is 0 Å². The lowest BCUT2D eigenvalue weighted by Crippen LogP contribution is -2.23. The zero-order valence-electron chi connectivity index (χ0n) is 13.4. The lowest BCUT2D eigenvalue weighted by atomic mass is 10.0. The third-order valence-corrected chi connectivity index (χ3v) is 3.72. The van der Waals surface area contributed by atoms with Crippen molar-refractivity contribution in [2.24, 2.45) is 0 Å². The van der Waals surface area contributed by atoms with Crippen molar-refractivity contribution in [1.82, 2.24) is 0 Å². The molecule has 0 atom stereocenters. The number of nitrogens with zero attached hydrogens (tertiary/aromatic N) is 1. The number of benzene rings is 2. The zero-order chi connectivity index (χ0) is 16.5. The predicted octanol–water partition coefficient (Wildman–Crippen LogP) is 4.68. The first-order chi connectivity index (χ1) is 11.2. The van der Waals surface area contributed by atoms with Gasteiger partial charge >= 0.3 is 0 Å². The Morgan fingerprint density at radius 1 is 0.957 bits per heavy atom. The van der Waals surface area contributed by atoms with Gasteiger partial charge in [-0.15, -0.1) is 13.2 Å². The molecule has 0 aliphatic rings. The summed E-state index contributed by atoms with van der Waals surface area (Å²) in [6, 6.07) is 17.9. The fourth-order valence-corrected chi connectivity index (χ4v) is 2.52. The number of hydrogen-bond acceptors (Lipinski definition) is 2. The van der Waals surface area contributed by atoms with Gasteiger partial charge in [0.1, 0.15) is 0 Å². The van der Waals surface area contributed by atoms with Crippen molar-refractivity contribution in [2.45, 2.75) is 12.8 Å². The molecule has 2 nitrogen and oxygen atoms in total. The van der Waals surface area contributed by atoms with E-state index in [4.69, 9.17) is 0 Å². The molecule has 118 valence electrons. The number of ketones is 1. The molecule has 0 bridgehead atoms. The van der Waals surface area contributed by atoms with Crippen LogP contribution in [-0.2, 0) is 6.42 Å². The molecule has 0 amide bonds. The SMILES string of the molecule is C=CCN(CC=C)c1cccc(C(=O)CCc2ccccc2)c1. The van der Waals surface area contributed by atoms with Crippen LogP contribution < -0.4 is 4.90 Å². The van der Waals surface area contributed by atoms with Gasteiger partial charge in [0.2, 0.25) is 0 Å². The van der Waals surface area contributed by atoms with Crippen LogP contribution in [0.25, 0.3) is 0 Å². The summed E-state index contributed by atoms with van der Waals surface area (Å²) in [5.41, 5.74) is 2.98. The van der Waals surface area contributed by atoms with Gasteiger partial charge < -0.3 is 4.90 Å². The topological polar surface area (TPSA) is 20.3 Å². The van der Waals surface area contributed by atoms with Crippen LogP contribution >= 0.6 is 0 Å². The normalized spacial score (nSPS) is 10.1. The Hall–Kier alpha value is -2.61. The van der Waals surface area contributed by atoms with Crippen molar-refractivity contribution < 1.29 is 4.79 Å². The fraction of sp³-hybridized carbons (Fsp3) is 0.190. The molecule has 0 unspecified atom stereocenters. The first-order valence-electron chi connectivity index (χ1n) is 7.88. The number of carbonyl (C=O) groups excluding carboxylic acids is 1. The van der Waals surface area contributed by atoms with Crippen molar-refractivity contribution in [3.8, 4) is 0 Å². The van der Waals surface area contributed by atoms with Crippen LogP contribution in [0, 0.1) is 0 Å². The average Bonchev–Trinajstić information content (AvgIpc) is 2.60. The van der Waals surface area contributed by atoms with Crippen molar-refractivity contribution >= 4 is 11.5 Å². The highest BCUT2D eigenvalue weighted by Crippen LogP contribution is 2.18. The summed E-state index contributed by atoms with van der Waals surface area (Å²) in [7, 11) is 0. The summed E-state index contributed by atoms with van der Waals surface area (Å²) in [5.74, 6) is 0.174. The lowest BCUT2D eigenvalue weighted by Gasteiger charge is -2.22. The van der Waals surface area contributed by atoms with E-state index in [1.54, 1.807) is 0 Å². The Kier molecular flexibility index (Phi) is 6.37. The monoisotopic (exact) mass is 305 g/mol. The molecule has 0 radical (unpaired) electrons. The van der Waals surface area contributed by atoms with E-state index in [0.29, 0.717) is 6.42 Å². The second-order valence-electron chi connectivity index (χ2n) is 5.44. The molecular formula is C21H23NO. The summed E-state index contributed by atoms with van der Waals surface area (Å²) in [5, 5.41) is 0. The van der Waals surface area contributed by atoms with Crippen molar-refractivity contribution in [1.29, 1.82) is 0 Å². The highest BCUT2D eigenvalue weighted by Gasteiger charge is 2.09. The molecule has 0 heterocycles. The van der Waals surface area contributed by atoms with Crippen LogP contribution in [0.1, 0.15) is 22.3 Å². The molecule has 0 fully saturated rings. The molecule has 0 saturated carbocycles. The maximum absolute atomic E-state index is 12.4. The number of carbonyl (C=O) groups is 1. The molecule has 0 aromatic heterocycles. The standard InChI is InChI=1S/C21H23NO/c1-3-15-22(16-4-2)20-12-8-11-19(17-20)21(23)14-13-18-9-6-5-7-10-18/h3-12,17H,1-2,13-16H2. The van der Waals surface area contributed by atoms with Crippen LogP contribution in [0.3, 0.4) is 0 Å². The molecule has 23 heavy (non-hydrogen) atoms. The van der Waals surface area contributed by atoms with Gasteiger partial charge in [-0.3, -0.25) is 4.79 Å². The van der Waals surface area contributed by atoms with E-state index in [9.17, 15) is 4.79 Å². The maximum atomic E-state index is 12.4. The molecule has 0 saturated heterocycles. The predicted molar refractivity (Wildman–Crippen MR) is 98.1 cm³/mol. The van der Waals surface area contributed by atoms with Crippen molar-refractivity contribution in [3.05, 3.63) is 91.0 Å². The number of aryl methyl sites for hydroxylation is 1. The second kappa shape index (κ2) is 8.74. The zero-order valence-corrected chi connectivity index (χ0v) is 13.4. The van der Waals surface area contributed by atoms with E-state index in [0.717, 1.165) is 30.8 Å². The maximum Gasteiger partial charge on any atom is 0.163 e. The molecule has 2 aromatic carbocycles. The molecule has 0 aliphatic carbocycles. The summed E-state index contributed by atoms with van der Waals surface area (Å²) < 4.78 is 0. The minimum atomic E-state index is 0.174. The molecule has 2 heteroatoms. The molecule has 2 aromatic rings. The van der Waals surface area contributed by atoms with Gasteiger partial charge in [-0.2, -0.15) is 0 Å². The Balaban J connectivity index is 2.07. The largest absolute Gasteiger partial charge is 0.364 e. The van der Waals surface area contributed by atoms with E-state index in [2.05, 4.69) is 30.2 Å². The Morgan fingerprint density at radius 3 is 2.30 bits per heavy atom.